The Hall–Kier alpha value is -2.21. The first kappa shape index (κ1) is 13.8. The molecule has 0 amide bonds. The molecular formula is C15H16FN3O2. The Morgan fingerprint density at radius 1 is 1.38 bits per heavy atom. The van der Waals surface area contributed by atoms with Gasteiger partial charge in [0.25, 0.3) is 0 Å². The molecule has 2 aromatic heterocycles. The van der Waals surface area contributed by atoms with Crippen LogP contribution in [0.1, 0.15) is 12.0 Å². The van der Waals surface area contributed by atoms with Gasteiger partial charge in [0.05, 0.1) is 13.2 Å². The van der Waals surface area contributed by atoms with Gasteiger partial charge in [0, 0.05) is 25.2 Å². The van der Waals surface area contributed by atoms with E-state index < -0.39 is 5.95 Å². The highest BCUT2D eigenvalue weighted by atomic mass is 19.1. The van der Waals surface area contributed by atoms with Crippen molar-refractivity contribution < 1.29 is 13.9 Å². The van der Waals surface area contributed by atoms with Crippen molar-refractivity contribution in [3.63, 3.8) is 0 Å². The Morgan fingerprint density at radius 2 is 2.33 bits per heavy atom. The summed E-state index contributed by atoms with van der Waals surface area (Å²) in [7, 11) is 0. The van der Waals surface area contributed by atoms with Crippen LogP contribution in [0, 0.1) is 5.95 Å². The molecule has 2 aromatic rings. The van der Waals surface area contributed by atoms with E-state index in [1.807, 2.05) is 12.1 Å². The third-order valence-electron chi connectivity index (χ3n) is 3.16. The van der Waals surface area contributed by atoms with Crippen LogP contribution in [0.2, 0.25) is 0 Å². The number of aromatic nitrogens is 2. The fraction of sp³-hybridized carbons (Fsp3) is 0.333. The summed E-state index contributed by atoms with van der Waals surface area (Å²) in [6, 6.07) is 8.39. The third kappa shape index (κ3) is 3.88. The number of halogens is 1. The number of ether oxygens (including phenoxy) is 2. The summed E-state index contributed by atoms with van der Waals surface area (Å²) < 4.78 is 24.0. The van der Waals surface area contributed by atoms with E-state index in [1.165, 1.54) is 6.07 Å². The molecule has 3 heterocycles. The first-order valence-electron chi connectivity index (χ1n) is 6.85. The van der Waals surface area contributed by atoms with Gasteiger partial charge in [-0.05, 0) is 23.8 Å². The van der Waals surface area contributed by atoms with Crippen LogP contribution in [0.25, 0.3) is 0 Å². The number of hydrogen-bond donors (Lipinski definition) is 1. The molecule has 0 spiro atoms. The van der Waals surface area contributed by atoms with E-state index in [1.54, 1.807) is 18.3 Å². The van der Waals surface area contributed by atoms with Gasteiger partial charge in [0.1, 0.15) is 11.9 Å². The van der Waals surface area contributed by atoms with Crippen molar-refractivity contribution in [2.24, 2.45) is 0 Å². The SMILES string of the molecule is Fc1cccc(NCc2ccnc(OC3CCOC3)c2)n1. The first-order valence-corrected chi connectivity index (χ1v) is 6.85. The Bertz CT molecular complexity index is 603. The highest BCUT2D eigenvalue weighted by Crippen LogP contribution is 2.16. The maximum Gasteiger partial charge on any atom is 0.214 e. The van der Waals surface area contributed by atoms with E-state index in [4.69, 9.17) is 9.47 Å². The first-order chi connectivity index (χ1) is 10.3. The second-order valence-corrected chi connectivity index (χ2v) is 4.80. The second kappa shape index (κ2) is 6.49. The van der Waals surface area contributed by atoms with Crippen molar-refractivity contribution >= 4 is 5.82 Å². The molecule has 5 nitrogen and oxygen atoms in total. The fourth-order valence-electron chi connectivity index (χ4n) is 2.10. The summed E-state index contributed by atoms with van der Waals surface area (Å²) in [5.41, 5.74) is 0.991. The summed E-state index contributed by atoms with van der Waals surface area (Å²) in [5.74, 6) is 0.579. The highest BCUT2D eigenvalue weighted by Gasteiger charge is 2.17. The molecule has 0 aromatic carbocycles. The smallest absolute Gasteiger partial charge is 0.214 e. The quantitative estimate of drug-likeness (QED) is 0.857. The number of pyridine rings is 2. The maximum atomic E-state index is 13.0. The summed E-state index contributed by atoms with van der Waals surface area (Å²) >= 11 is 0. The summed E-state index contributed by atoms with van der Waals surface area (Å²) in [6.45, 7) is 1.87. The minimum Gasteiger partial charge on any atom is -0.472 e. The Labute approximate surface area is 122 Å². The molecule has 1 saturated heterocycles. The average molecular weight is 289 g/mol. The lowest BCUT2D eigenvalue weighted by atomic mass is 10.2. The zero-order valence-electron chi connectivity index (χ0n) is 11.5. The summed E-state index contributed by atoms with van der Waals surface area (Å²) in [6.07, 6.45) is 2.66. The molecule has 6 heteroatoms. The molecule has 21 heavy (non-hydrogen) atoms. The van der Waals surface area contributed by atoms with Crippen molar-refractivity contribution in [1.29, 1.82) is 0 Å². The molecule has 3 rings (SSSR count). The zero-order chi connectivity index (χ0) is 14.5. The van der Waals surface area contributed by atoms with E-state index in [0.29, 0.717) is 24.8 Å². The molecule has 0 bridgehead atoms. The van der Waals surface area contributed by atoms with Gasteiger partial charge >= 0.3 is 0 Å². The molecule has 1 atom stereocenters. The van der Waals surface area contributed by atoms with Crippen LogP contribution >= 0.6 is 0 Å². The maximum absolute atomic E-state index is 13.0. The van der Waals surface area contributed by atoms with Crippen LogP contribution in [0.15, 0.2) is 36.5 Å². The normalized spacial score (nSPS) is 17.7. The molecule has 0 radical (unpaired) electrons. The lowest BCUT2D eigenvalue weighted by Gasteiger charge is -2.12. The minimum absolute atomic E-state index is 0.0746. The minimum atomic E-state index is -0.500. The topological polar surface area (TPSA) is 56.3 Å². The molecule has 1 unspecified atom stereocenters. The van der Waals surface area contributed by atoms with Crippen LogP contribution in [-0.4, -0.2) is 29.3 Å². The molecule has 1 N–H and O–H groups in total. The van der Waals surface area contributed by atoms with E-state index >= 15 is 0 Å². The molecule has 0 saturated carbocycles. The Morgan fingerprint density at radius 3 is 3.14 bits per heavy atom. The second-order valence-electron chi connectivity index (χ2n) is 4.80. The molecule has 1 aliphatic heterocycles. The fourth-order valence-corrected chi connectivity index (χ4v) is 2.10. The largest absolute Gasteiger partial charge is 0.472 e. The predicted octanol–water partition coefficient (Wildman–Crippen LogP) is 2.40. The van der Waals surface area contributed by atoms with Crippen molar-refractivity contribution in [2.75, 3.05) is 18.5 Å². The number of anilines is 1. The van der Waals surface area contributed by atoms with Crippen LogP contribution < -0.4 is 10.1 Å². The van der Waals surface area contributed by atoms with Crippen LogP contribution in [0.3, 0.4) is 0 Å². The van der Waals surface area contributed by atoms with Crippen LogP contribution in [0.5, 0.6) is 5.88 Å². The predicted molar refractivity (Wildman–Crippen MR) is 75.6 cm³/mol. The van der Waals surface area contributed by atoms with Gasteiger partial charge < -0.3 is 14.8 Å². The van der Waals surface area contributed by atoms with Crippen molar-refractivity contribution in [1.82, 2.24) is 9.97 Å². The van der Waals surface area contributed by atoms with Gasteiger partial charge in [0.15, 0.2) is 0 Å². The van der Waals surface area contributed by atoms with Gasteiger partial charge in [-0.1, -0.05) is 6.07 Å². The number of rotatable bonds is 5. The summed E-state index contributed by atoms with van der Waals surface area (Å²) in [4.78, 5) is 7.94. The highest BCUT2D eigenvalue weighted by molar-refractivity contribution is 5.35. The Kier molecular flexibility index (Phi) is 4.25. The molecule has 110 valence electrons. The molecule has 0 aliphatic carbocycles. The number of nitrogens with one attached hydrogen (secondary N) is 1. The molecular weight excluding hydrogens is 273 g/mol. The van der Waals surface area contributed by atoms with E-state index in [9.17, 15) is 4.39 Å². The Balaban J connectivity index is 1.60. The zero-order valence-corrected chi connectivity index (χ0v) is 11.5. The lowest BCUT2D eigenvalue weighted by molar-refractivity contribution is 0.138. The van der Waals surface area contributed by atoms with E-state index in [0.717, 1.165) is 18.6 Å². The van der Waals surface area contributed by atoms with E-state index in [2.05, 4.69) is 15.3 Å². The van der Waals surface area contributed by atoms with Gasteiger partial charge in [-0.2, -0.15) is 4.39 Å². The van der Waals surface area contributed by atoms with Crippen molar-refractivity contribution in [3.05, 3.63) is 48.0 Å². The standard InChI is InChI=1S/C15H16FN3O2/c16-13-2-1-3-14(19-13)18-9-11-4-6-17-15(8-11)21-12-5-7-20-10-12/h1-4,6,8,12H,5,7,9-10H2,(H,18,19). The molecule has 1 aliphatic rings. The molecule has 1 fully saturated rings. The summed E-state index contributed by atoms with van der Waals surface area (Å²) in [5, 5.41) is 3.06. The third-order valence-corrected chi connectivity index (χ3v) is 3.16. The number of hydrogen-bond acceptors (Lipinski definition) is 5. The van der Waals surface area contributed by atoms with Gasteiger partial charge in [-0.25, -0.2) is 9.97 Å². The van der Waals surface area contributed by atoms with Crippen molar-refractivity contribution in [2.45, 2.75) is 19.1 Å². The van der Waals surface area contributed by atoms with Gasteiger partial charge in [-0.3, -0.25) is 0 Å². The van der Waals surface area contributed by atoms with Crippen LogP contribution in [-0.2, 0) is 11.3 Å². The van der Waals surface area contributed by atoms with Gasteiger partial charge in [0.2, 0.25) is 11.8 Å². The average Bonchev–Trinajstić information content (AvgIpc) is 2.99. The monoisotopic (exact) mass is 289 g/mol. The van der Waals surface area contributed by atoms with E-state index in [-0.39, 0.29) is 6.10 Å². The number of nitrogens with zero attached hydrogens (tertiary/aromatic N) is 2. The lowest BCUT2D eigenvalue weighted by Crippen LogP contribution is -2.16. The van der Waals surface area contributed by atoms with Crippen LogP contribution in [0.4, 0.5) is 10.2 Å². The van der Waals surface area contributed by atoms with Crippen molar-refractivity contribution in [3.8, 4) is 5.88 Å². The van der Waals surface area contributed by atoms with Gasteiger partial charge in [-0.15, -0.1) is 0 Å².